The molecular formula is C30H29FN4O4. The van der Waals surface area contributed by atoms with Gasteiger partial charge in [-0.2, -0.15) is 0 Å². The molecule has 8 nitrogen and oxygen atoms in total. The Labute approximate surface area is 225 Å². The third-order valence-electron chi connectivity index (χ3n) is 7.75. The Kier molecular flexibility index (Phi) is 6.29. The van der Waals surface area contributed by atoms with Crippen LogP contribution in [0.5, 0.6) is 11.5 Å². The van der Waals surface area contributed by atoms with Crippen molar-refractivity contribution in [2.75, 3.05) is 13.7 Å². The Morgan fingerprint density at radius 2 is 1.95 bits per heavy atom. The standard InChI is InChI=1S/C30H29FN4O4/c1-16-11-18(30-32-33-34-35(30)3)12-17(2)28(16)22-7-9-24(31)29-23(22)8-10-25(29)39-20-5-6-21-19(13-27(36)37-4)15-38-26(21)14-20/h5-7,9,11-12,14,19,25H,8,10,13,15H2,1-4H3/t19?,25-/m1/s1. The molecule has 0 bridgehead atoms. The first-order valence-corrected chi connectivity index (χ1v) is 13.0. The second-order valence-corrected chi connectivity index (χ2v) is 10.2. The quantitative estimate of drug-likeness (QED) is 0.310. The molecule has 3 aromatic carbocycles. The van der Waals surface area contributed by atoms with Crippen LogP contribution in [0.3, 0.4) is 0 Å². The van der Waals surface area contributed by atoms with Gasteiger partial charge in [0.1, 0.15) is 23.4 Å². The molecule has 2 heterocycles. The monoisotopic (exact) mass is 528 g/mol. The van der Waals surface area contributed by atoms with Gasteiger partial charge in [-0.3, -0.25) is 4.79 Å². The van der Waals surface area contributed by atoms with Gasteiger partial charge in [-0.15, -0.1) is 5.10 Å². The Bertz CT molecular complexity index is 1580. The third-order valence-corrected chi connectivity index (χ3v) is 7.75. The topological polar surface area (TPSA) is 88.4 Å². The number of fused-ring (bicyclic) bond motifs is 2. The molecule has 0 amide bonds. The van der Waals surface area contributed by atoms with Crippen LogP contribution in [-0.4, -0.2) is 39.9 Å². The van der Waals surface area contributed by atoms with E-state index in [0.29, 0.717) is 42.3 Å². The number of halogens is 1. The number of nitrogens with zero attached hydrogens (tertiary/aromatic N) is 4. The third kappa shape index (κ3) is 4.41. The summed E-state index contributed by atoms with van der Waals surface area (Å²) in [5.41, 5.74) is 7.75. The number of ether oxygens (including phenoxy) is 3. The number of rotatable bonds is 6. The molecule has 0 saturated carbocycles. The summed E-state index contributed by atoms with van der Waals surface area (Å²) in [6.45, 7) is 4.54. The van der Waals surface area contributed by atoms with Crippen molar-refractivity contribution in [3.63, 3.8) is 0 Å². The van der Waals surface area contributed by atoms with Crippen LogP contribution in [0.4, 0.5) is 4.39 Å². The SMILES string of the molecule is COC(=O)CC1COc2cc(O[C@@H]3CCc4c(-c5c(C)cc(-c6nnnn6C)cc5C)ccc(F)c43)ccc21. The maximum Gasteiger partial charge on any atom is 0.306 e. The van der Waals surface area contributed by atoms with Crippen LogP contribution in [0.25, 0.3) is 22.5 Å². The van der Waals surface area contributed by atoms with E-state index < -0.39 is 6.10 Å². The fourth-order valence-corrected chi connectivity index (χ4v) is 5.96. The van der Waals surface area contributed by atoms with E-state index in [4.69, 9.17) is 14.2 Å². The van der Waals surface area contributed by atoms with Crippen molar-refractivity contribution in [2.45, 2.75) is 45.1 Å². The lowest BCUT2D eigenvalue weighted by atomic mass is 9.89. The second kappa shape index (κ2) is 9.80. The minimum atomic E-state index is -0.408. The highest BCUT2D eigenvalue weighted by molar-refractivity contribution is 5.78. The fourth-order valence-electron chi connectivity index (χ4n) is 5.96. The van der Waals surface area contributed by atoms with E-state index in [-0.39, 0.29) is 24.1 Å². The molecule has 1 aliphatic carbocycles. The van der Waals surface area contributed by atoms with Gasteiger partial charge in [0, 0.05) is 35.7 Å². The van der Waals surface area contributed by atoms with Crippen LogP contribution in [0.2, 0.25) is 0 Å². The van der Waals surface area contributed by atoms with Crippen LogP contribution >= 0.6 is 0 Å². The largest absolute Gasteiger partial charge is 0.492 e. The van der Waals surface area contributed by atoms with E-state index in [9.17, 15) is 4.79 Å². The van der Waals surface area contributed by atoms with Gasteiger partial charge in [0.25, 0.3) is 0 Å². The number of hydrogen-bond donors (Lipinski definition) is 0. The normalized spacial score (nSPS) is 17.5. The molecule has 1 aliphatic heterocycles. The predicted molar refractivity (Wildman–Crippen MR) is 142 cm³/mol. The Morgan fingerprint density at radius 1 is 1.15 bits per heavy atom. The summed E-state index contributed by atoms with van der Waals surface area (Å²) in [4.78, 5) is 11.7. The molecule has 0 spiro atoms. The summed E-state index contributed by atoms with van der Waals surface area (Å²) < 4.78 is 33.9. The highest BCUT2D eigenvalue weighted by Gasteiger charge is 2.32. The highest BCUT2D eigenvalue weighted by atomic mass is 19.1. The number of benzene rings is 3. The molecule has 2 atom stereocenters. The fraction of sp³-hybridized carbons (Fsp3) is 0.333. The molecule has 1 unspecified atom stereocenters. The summed E-state index contributed by atoms with van der Waals surface area (Å²) in [7, 11) is 3.20. The molecule has 2 aliphatic rings. The van der Waals surface area contributed by atoms with E-state index in [1.807, 2.05) is 31.3 Å². The number of carbonyl (C=O) groups is 1. The minimum absolute atomic E-state index is 0.0449. The minimum Gasteiger partial charge on any atom is -0.492 e. The predicted octanol–water partition coefficient (Wildman–Crippen LogP) is 5.41. The number of carbonyl (C=O) groups excluding carboxylic acids is 1. The average Bonchev–Trinajstić information content (AvgIpc) is 3.64. The molecule has 0 saturated heterocycles. The zero-order chi connectivity index (χ0) is 27.3. The Balaban J connectivity index is 1.30. The van der Waals surface area contributed by atoms with Crippen molar-refractivity contribution in [3.05, 3.63) is 76.1 Å². The van der Waals surface area contributed by atoms with Gasteiger partial charge in [0.05, 0.1) is 20.1 Å². The van der Waals surface area contributed by atoms with Crippen molar-refractivity contribution < 1.29 is 23.4 Å². The summed E-state index contributed by atoms with van der Waals surface area (Å²) in [6.07, 6.45) is 1.24. The summed E-state index contributed by atoms with van der Waals surface area (Å²) in [5, 5.41) is 11.8. The average molecular weight is 529 g/mol. The van der Waals surface area contributed by atoms with Crippen molar-refractivity contribution in [1.82, 2.24) is 20.2 Å². The molecule has 200 valence electrons. The van der Waals surface area contributed by atoms with Gasteiger partial charge in [0.2, 0.25) is 0 Å². The first-order valence-electron chi connectivity index (χ1n) is 13.0. The van der Waals surface area contributed by atoms with Gasteiger partial charge < -0.3 is 14.2 Å². The van der Waals surface area contributed by atoms with Gasteiger partial charge >= 0.3 is 5.97 Å². The number of aryl methyl sites for hydroxylation is 3. The van der Waals surface area contributed by atoms with E-state index in [1.165, 1.54) is 7.11 Å². The summed E-state index contributed by atoms with van der Waals surface area (Å²) in [5.74, 6) is 1.43. The van der Waals surface area contributed by atoms with Gasteiger partial charge in [-0.1, -0.05) is 12.1 Å². The highest BCUT2D eigenvalue weighted by Crippen LogP contribution is 2.45. The van der Waals surface area contributed by atoms with Crippen LogP contribution < -0.4 is 9.47 Å². The molecular weight excluding hydrogens is 499 g/mol. The van der Waals surface area contributed by atoms with E-state index >= 15 is 4.39 Å². The summed E-state index contributed by atoms with van der Waals surface area (Å²) in [6, 6.07) is 13.2. The van der Waals surface area contributed by atoms with Gasteiger partial charge in [0.15, 0.2) is 5.82 Å². The molecule has 1 aromatic heterocycles. The van der Waals surface area contributed by atoms with Crippen molar-refractivity contribution in [3.8, 4) is 34.0 Å². The van der Waals surface area contributed by atoms with Crippen LogP contribution in [-0.2, 0) is 23.0 Å². The lowest BCUT2D eigenvalue weighted by Crippen LogP contribution is -2.09. The molecule has 6 rings (SSSR count). The molecule has 0 fully saturated rings. The maximum absolute atomic E-state index is 15.3. The molecule has 4 aromatic rings. The van der Waals surface area contributed by atoms with E-state index in [0.717, 1.165) is 38.9 Å². The molecule has 0 radical (unpaired) electrons. The molecule has 9 heteroatoms. The zero-order valence-corrected chi connectivity index (χ0v) is 22.3. The van der Waals surface area contributed by atoms with Crippen LogP contribution in [0.15, 0.2) is 42.5 Å². The number of tetrazole rings is 1. The first kappa shape index (κ1) is 25.0. The van der Waals surface area contributed by atoms with Crippen molar-refractivity contribution >= 4 is 5.97 Å². The summed E-state index contributed by atoms with van der Waals surface area (Å²) >= 11 is 0. The first-order chi connectivity index (χ1) is 18.8. The lowest BCUT2D eigenvalue weighted by Gasteiger charge is -2.19. The smallest absolute Gasteiger partial charge is 0.306 e. The number of esters is 1. The van der Waals surface area contributed by atoms with E-state index in [2.05, 4.69) is 41.5 Å². The van der Waals surface area contributed by atoms with Crippen LogP contribution in [0, 0.1) is 19.7 Å². The lowest BCUT2D eigenvalue weighted by molar-refractivity contribution is -0.141. The number of hydrogen-bond acceptors (Lipinski definition) is 7. The Morgan fingerprint density at radius 3 is 2.67 bits per heavy atom. The van der Waals surface area contributed by atoms with Crippen molar-refractivity contribution in [2.24, 2.45) is 7.05 Å². The van der Waals surface area contributed by atoms with Crippen molar-refractivity contribution in [1.29, 1.82) is 0 Å². The second-order valence-electron chi connectivity index (χ2n) is 10.2. The molecule has 39 heavy (non-hydrogen) atoms. The van der Waals surface area contributed by atoms with Gasteiger partial charge in [-0.05, 0) is 89.2 Å². The molecule has 0 N–H and O–H groups in total. The number of aromatic nitrogens is 4. The number of methoxy groups -OCH3 is 1. The van der Waals surface area contributed by atoms with Crippen LogP contribution in [0.1, 0.15) is 52.7 Å². The van der Waals surface area contributed by atoms with E-state index in [1.54, 1.807) is 10.7 Å². The zero-order valence-electron chi connectivity index (χ0n) is 22.3. The van der Waals surface area contributed by atoms with Gasteiger partial charge in [-0.25, -0.2) is 9.07 Å². The maximum atomic E-state index is 15.3. The Hall–Kier alpha value is -4.27.